The molecule has 0 bridgehead atoms. The van der Waals surface area contributed by atoms with Crippen LogP contribution in [0.2, 0.25) is 0 Å². The third-order valence-electron chi connectivity index (χ3n) is 1.73. The number of hydrogen-bond acceptors (Lipinski definition) is 2. The van der Waals surface area contributed by atoms with Crippen molar-refractivity contribution in [3.05, 3.63) is 34.2 Å². The molecule has 0 aliphatic carbocycles. The van der Waals surface area contributed by atoms with Crippen LogP contribution in [0.15, 0.2) is 23.1 Å². The van der Waals surface area contributed by atoms with E-state index in [1.54, 1.807) is 4.57 Å². The lowest BCUT2D eigenvalue weighted by Crippen LogP contribution is -2.21. The van der Waals surface area contributed by atoms with Crippen molar-refractivity contribution in [2.45, 2.75) is 25.6 Å². The van der Waals surface area contributed by atoms with Crippen LogP contribution in [0.25, 0.3) is 0 Å². The first-order valence-electron chi connectivity index (χ1n) is 4.08. The zero-order valence-corrected chi connectivity index (χ0v) is 8.05. The minimum Gasteiger partial charge on any atom is -0.315 e. The molecule has 0 saturated carbocycles. The molecule has 0 atom stereocenters. The number of aromatic nitrogens is 1. The quantitative estimate of drug-likeness (QED) is 0.708. The van der Waals surface area contributed by atoms with E-state index in [2.05, 4.69) is 19.6 Å². The summed E-state index contributed by atoms with van der Waals surface area (Å²) in [6, 6.07) is 3.71. The molecule has 2 nitrogen and oxygen atoms in total. The summed E-state index contributed by atoms with van der Waals surface area (Å²) in [5.41, 5.74) is 0.864. The Morgan fingerprint density at radius 2 is 2.33 bits per heavy atom. The minimum absolute atomic E-state index is 0.0920. The number of thiol groups is 1. The predicted octanol–water partition coefficient (Wildman–Crippen LogP) is 1.69. The number of hydrogen-bond donors (Lipinski definition) is 1. The summed E-state index contributed by atoms with van der Waals surface area (Å²) in [6.45, 7) is 2.85. The van der Waals surface area contributed by atoms with Gasteiger partial charge < -0.3 is 4.57 Å². The van der Waals surface area contributed by atoms with Gasteiger partial charge in [-0.2, -0.15) is 12.6 Å². The van der Waals surface area contributed by atoms with E-state index < -0.39 is 0 Å². The van der Waals surface area contributed by atoms with Gasteiger partial charge in [-0.1, -0.05) is 13.0 Å². The summed E-state index contributed by atoms with van der Waals surface area (Å²) >= 11 is 4.08. The van der Waals surface area contributed by atoms with E-state index in [1.165, 1.54) is 0 Å². The third kappa shape index (κ3) is 1.91. The van der Waals surface area contributed by atoms with Gasteiger partial charge in [-0.25, -0.2) is 0 Å². The molecule has 0 saturated heterocycles. The van der Waals surface area contributed by atoms with Crippen LogP contribution >= 0.6 is 12.6 Å². The molecule has 0 N–H and O–H groups in total. The Morgan fingerprint density at radius 1 is 1.58 bits per heavy atom. The fraction of sp³-hybridized carbons (Fsp3) is 0.444. The molecule has 0 unspecified atom stereocenters. The highest BCUT2D eigenvalue weighted by Crippen LogP contribution is 1.96. The molecule has 12 heavy (non-hydrogen) atoms. The standard InChI is InChI=1S/C9H13NOS/c1-2-5-10-6-3-4-8(7-12)9(10)11/h3-4,6,12H,2,5,7H2,1H3. The molecule has 1 aromatic rings. The summed E-state index contributed by atoms with van der Waals surface area (Å²) in [6.07, 6.45) is 2.80. The topological polar surface area (TPSA) is 22.0 Å². The molecule has 3 heteroatoms. The highest BCUT2D eigenvalue weighted by atomic mass is 32.1. The van der Waals surface area contributed by atoms with Gasteiger partial charge in [-0.3, -0.25) is 4.79 Å². The number of rotatable bonds is 3. The molecule has 0 aliphatic rings. The molecule has 0 spiro atoms. The van der Waals surface area contributed by atoms with Crippen molar-refractivity contribution in [2.75, 3.05) is 0 Å². The summed E-state index contributed by atoms with van der Waals surface area (Å²) in [5.74, 6) is 0.517. The average molecular weight is 183 g/mol. The van der Waals surface area contributed by atoms with Gasteiger partial charge in [0.15, 0.2) is 0 Å². The monoisotopic (exact) mass is 183 g/mol. The third-order valence-corrected chi connectivity index (χ3v) is 2.07. The van der Waals surface area contributed by atoms with Gasteiger partial charge in [0.25, 0.3) is 5.56 Å². The first kappa shape index (κ1) is 9.39. The van der Waals surface area contributed by atoms with Crippen molar-refractivity contribution in [2.24, 2.45) is 0 Å². The highest BCUT2D eigenvalue weighted by Gasteiger charge is 1.98. The molecule has 66 valence electrons. The van der Waals surface area contributed by atoms with E-state index in [9.17, 15) is 4.79 Å². The maximum Gasteiger partial charge on any atom is 0.254 e. The Balaban J connectivity index is 3.06. The molecule has 0 amide bonds. The first-order chi connectivity index (χ1) is 5.79. The first-order valence-corrected chi connectivity index (χ1v) is 4.72. The molecule has 1 rings (SSSR count). The second-order valence-corrected chi connectivity index (χ2v) is 3.01. The van der Waals surface area contributed by atoms with Gasteiger partial charge in [0.1, 0.15) is 0 Å². The van der Waals surface area contributed by atoms with Crippen molar-refractivity contribution >= 4 is 12.6 Å². The Bertz CT molecular complexity index is 306. The van der Waals surface area contributed by atoms with Crippen molar-refractivity contribution < 1.29 is 0 Å². The predicted molar refractivity (Wildman–Crippen MR) is 53.7 cm³/mol. The van der Waals surface area contributed by atoms with Crippen LogP contribution in [0.1, 0.15) is 18.9 Å². The van der Waals surface area contributed by atoms with E-state index in [-0.39, 0.29) is 5.56 Å². The maximum atomic E-state index is 11.5. The second-order valence-electron chi connectivity index (χ2n) is 2.69. The molecule has 1 heterocycles. The van der Waals surface area contributed by atoms with Gasteiger partial charge in [0, 0.05) is 24.1 Å². The molecular weight excluding hydrogens is 170 g/mol. The van der Waals surface area contributed by atoms with E-state index >= 15 is 0 Å². The Kier molecular flexibility index (Phi) is 3.41. The average Bonchev–Trinajstić information content (AvgIpc) is 2.09. The minimum atomic E-state index is 0.0920. The van der Waals surface area contributed by atoms with Crippen LogP contribution in [-0.4, -0.2) is 4.57 Å². The summed E-state index contributed by atoms with van der Waals surface area (Å²) in [5, 5.41) is 0. The van der Waals surface area contributed by atoms with Crippen LogP contribution in [0, 0.1) is 0 Å². The lowest BCUT2D eigenvalue weighted by Gasteiger charge is -2.03. The largest absolute Gasteiger partial charge is 0.315 e. The molecule has 0 fully saturated rings. The van der Waals surface area contributed by atoms with Gasteiger partial charge >= 0.3 is 0 Å². The molecule has 1 aromatic heterocycles. The van der Waals surface area contributed by atoms with Gasteiger partial charge in [0.2, 0.25) is 0 Å². The number of nitrogens with zero attached hydrogens (tertiary/aromatic N) is 1. The van der Waals surface area contributed by atoms with Crippen molar-refractivity contribution in [1.82, 2.24) is 4.57 Å². The van der Waals surface area contributed by atoms with E-state index in [4.69, 9.17) is 0 Å². The van der Waals surface area contributed by atoms with E-state index in [1.807, 2.05) is 18.3 Å². The lowest BCUT2D eigenvalue weighted by molar-refractivity contribution is 0.650. The molecular formula is C9H13NOS. The fourth-order valence-electron chi connectivity index (χ4n) is 1.12. The molecule has 0 aliphatic heterocycles. The van der Waals surface area contributed by atoms with Crippen molar-refractivity contribution in [1.29, 1.82) is 0 Å². The Hall–Kier alpha value is -0.700. The highest BCUT2D eigenvalue weighted by molar-refractivity contribution is 7.79. The van der Waals surface area contributed by atoms with E-state index in [0.717, 1.165) is 18.5 Å². The van der Waals surface area contributed by atoms with Crippen LogP contribution in [-0.2, 0) is 12.3 Å². The van der Waals surface area contributed by atoms with Crippen molar-refractivity contribution in [3.8, 4) is 0 Å². The Labute approximate surface area is 77.6 Å². The molecule has 0 aromatic carbocycles. The zero-order valence-electron chi connectivity index (χ0n) is 7.16. The number of pyridine rings is 1. The zero-order chi connectivity index (χ0) is 8.97. The van der Waals surface area contributed by atoms with E-state index in [0.29, 0.717) is 5.75 Å². The number of aryl methyl sites for hydroxylation is 1. The Morgan fingerprint density at radius 3 is 2.92 bits per heavy atom. The van der Waals surface area contributed by atoms with Gasteiger partial charge in [0.05, 0.1) is 0 Å². The summed E-state index contributed by atoms with van der Waals surface area (Å²) in [4.78, 5) is 11.5. The normalized spacial score (nSPS) is 10.2. The summed E-state index contributed by atoms with van der Waals surface area (Å²) in [7, 11) is 0. The van der Waals surface area contributed by atoms with Gasteiger partial charge in [-0.15, -0.1) is 0 Å². The smallest absolute Gasteiger partial charge is 0.254 e. The molecule has 0 radical (unpaired) electrons. The van der Waals surface area contributed by atoms with Crippen LogP contribution in [0.3, 0.4) is 0 Å². The SMILES string of the molecule is CCCn1cccc(CS)c1=O. The maximum absolute atomic E-state index is 11.5. The van der Waals surface area contributed by atoms with Crippen LogP contribution in [0.5, 0.6) is 0 Å². The fourth-order valence-corrected chi connectivity index (χ4v) is 1.36. The van der Waals surface area contributed by atoms with Gasteiger partial charge in [-0.05, 0) is 12.5 Å². The second kappa shape index (κ2) is 4.36. The van der Waals surface area contributed by atoms with Crippen molar-refractivity contribution in [3.63, 3.8) is 0 Å². The lowest BCUT2D eigenvalue weighted by atomic mass is 10.3. The van der Waals surface area contributed by atoms with Crippen LogP contribution in [0.4, 0.5) is 0 Å². The summed E-state index contributed by atoms with van der Waals surface area (Å²) < 4.78 is 1.73. The van der Waals surface area contributed by atoms with Crippen LogP contribution < -0.4 is 5.56 Å².